The lowest BCUT2D eigenvalue weighted by Crippen LogP contribution is -2.34. The standard InChI is InChI=1S/C14H28N4O2S/c1-6-8-18(9-7-2)21(19,20)14-13(10-15-11(3)4)12(5)16-17-14/h11,15H,6-10H2,1-5H3,(H,16,17). The number of hydrogen-bond donors (Lipinski definition) is 2. The van der Waals surface area contributed by atoms with E-state index in [-0.39, 0.29) is 11.1 Å². The topological polar surface area (TPSA) is 78.1 Å². The molecule has 122 valence electrons. The van der Waals surface area contributed by atoms with Crippen LogP contribution in [0.15, 0.2) is 5.03 Å². The summed E-state index contributed by atoms with van der Waals surface area (Å²) in [6.45, 7) is 11.4. The van der Waals surface area contributed by atoms with E-state index in [4.69, 9.17) is 0 Å². The summed E-state index contributed by atoms with van der Waals surface area (Å²) in [6, 6.07) is 0.289. The van der Waals surface area contributed by atoms with E-state index in [0.29, 0.717) is 19.6 Å². The van der Waals surface area contributed by atoms with E-state index in [2.05, 4.69) is 15.5 Å². The lowest BCUT2D eigenvalue weighted by Gasteiger charge is -2.20. The molecule has 1 rings (SSSR count). The monoisotopic (exact) mass is 316 g/mol. The quantitative estimate of drug-likeness (QED) is 0.730. The summed E-state index contributed by atoms with van der Waals surface area (Å²) in [4.78, 5) is 0. The first-order chi connectivity index (χ1) is 9.84. The smallest absolute Gasteiger partial charge is 0.262 e. The molecule has 0 saturated heterocycles. The third-order valence-corrected chi connectivity index (χ3v) is 5.12. The van der Waals surface area contributed by atoms with Gasteiger partial charge >= 0.3 is 0 Å². The summed E-state index contributed by atoms with van der Waals surface area (Å²) in [5.41, 5.74) is 1.54. The summed E-state index contributed by atoms with van der Waals surface area (Å²) < 4.78 is 27.1. The molecule has 2 N–H and O–H groups in total. The van der Waals surface area contributed by atoms with Gasteiger partial charge in [-0.15, -0.1) is 0 Å². The molecule has 0 aromatic carbocycles. The highest BCUT2D eigenvalue weighted by Crippen LogP contribution is 2.21. The second-order valence-electron chi connectivity index (χ2n) is 5.57. The van der Waals surface area contributed by atoms with Crippen LogP contribution in [0, 0.1) is 6.92 Å². The first kappa shape index (κ1) is 18.1. The Morgan fingerprint density at radius 3 is 2.29 bits per heavy atom. The van der Waals surface area contributed by atoms with Crippen molar-refractivity contribution in [2.24, 2.45) is 0 Å². The second kappa shape index (κ2) is 7.91. The zero-order valence-corrected chi connectivity index (χ0v) is 14.5. The number of H-pyrrole nitrogens is 1. The summed E-state index contributed by atoms with van der Waals surface area (Å²) in [6.07, 6.45) is 1.59. The second-order valence-corrected chi connectivity index (χ2v) is 7.43. The number of nitrogens with one attached hydrogen (secondary N) is 2. The van der Waals surface area contributed by atoms with E-state index in [1.807, 2.05) is 34.6 Å². The predicted octanol–water partition coefficient (Wildman–Crippen LogP) is 2.03. The van der Waals surface area contributed by atoms with Crippen LogP contribution < -0.4 is 5.32 Å². The van der Waals surface area contributed by atoms with Gasteiger partial charge in [-0.05, 0) is 19.8 Å². The minimum Gasteiger partial charge on any atom is -0.310 e. The molecule has 0 unspecified atom stereocenters. The predicted molar refractivity (Wildman–Crippen MR) is 84.6 cm³/mol. The molecule has 6 nitrogen and oxygen atoms in total. The molecule has 0 bridgehead atoms. The fraction of sp³-hybridized carbons (Fsp3) is 0.786. The van der Waals surface area contributed by atoms with Crippen LogP contribution in [-0.2, 0) is 16.6 Å². The normalized spacial score (nSPS) is 12.5. The molecule has 0 fully saturated rings. The average Bonchev–Trinajstić information content (AvgIpc) is 2.78. The number of aryl methyl sites for hydroxylation is 1. The van der Waals surface area contributed by atoms with E-state index >= 15 is 0 Å². The van der Waals surface area contributed by atoms with E-state index in [1.165, 1.54) is 4.31 Å². The molecule has 1 aromatic heterocycles. The van der Waals surface area contributed by atoms with E-state index in [0.717, 1.165) is 24.1 Å². The molecule has 0 aliphatic heterocycles. The minimum absolute atomic E-state index is 0.162. The van der Waals surface area contributed by atoms with Gasteiger partial charge < -0.3 is 5.32 Å². The third-order valence-electron chi connectivity index (χ3n) is 3.25. The fourth-order valence-corrected chi connectivity index (χ4v) is 3.92. The third kappa shape index (κ3) is 4.52. The highest BCUT2D eigenvalue weighted by atomic mass is 32.2. The number of aromatic nitrogens is 2. The average molecular weight is 316 g/mol. The molecule has 7 heteroatoms. The molecular formula is C14H28N4O2S. The summed E-state index contributed by atoms with van der Waals surface area (Å²) in [5.74, 6) is 0. The zero-order chi connectivity index (χ0) is 16.0. The molecule has 0 aliphatic rings. The van der Waals surface area contributed by atoms with Gasteiger partial charge in [0, 0.05) is 36.9 Å². The maximum Gasteiger partial charge on any atom is 0.262 e. The summed E-state index contributed by atoms with van der Waals surface area (Å²) in [5, 5.41) is 10.3. The molecule has 0 radical (unpaired) electrons. The first-order valence-electron chi connectivity index (χ1n) is 7.61. The van der Waals surface area contributed by atoms with Crippen molar-refractivity contribution in [3.63, 3.8) is 0 Å². The summed E-state index contributed by atoms with van der Waals surface area (Å²) >= 11 is 0. The van der Waals surface area contributed by atoms with Gasteiger partial charge in [0.25, 0.3) is 10.0 Å². The van der Waals surface area contributed by atoms with Gasteiger partial charge in [0.05, 0.1) is 0 Å². The Kier molecular flexibility index (Phi) is 6.83. The van der Waals surface area contributed by atoms with Crippen molar-refractivity contribution in [2.45, 2.75) is 65.1 Å². The van der Waals surface area contributed by atoms with Crippen molar-refractivity contribution in [3.05, 3.63) is 11.3 Å². The van der Waals surface area contributed by atoms with Gasteiger partial charge in [-0.25, -0.2) is 8.42 Å². The first-order valence-corrected chi connectivity index (χ1v) is 9.05. The molecular weight excluding hydrogens is 288 g/mol. The van der Waals surface area contributed by atoms with E-state index < -0.39 is 10.0 Å². The van der Waals surface area contributed by atoms with Crippen LogP contribution in [0.25, 0.3) is 0 Å². The van der Waals surface area contributed by atoms with Gasteiger partial charge in [-0.2, -0.15) is 9.40 Å². The Morgan fingerprint density at radius 1 is 1.24 bits per heavy atom. The van der Waals surface area contributed by atoms with Gasteiger partial charge in [0.1, 0.15) is 0 Å². The van der Waals surface area contributed by atoms with Crippen molar-refractivity contribution in [2.75, 3.05) is 13.1 Å². The van der Waals surface area contributed by atoms with Crippen molar-refractivity contribution < 1.29 is 8.42 Å². The lowest BCUT2D eigenvalue weighted by molar-refractivity contribution is 0.407. The SMILES string of the molecule is CCCN(CCC)S(=O)(=O)c1n[nH]c(C)c1CNC(C)C. The van der Waals surface area contributed by atoms with E-state index in [9.17, 15) is 8.42 Å². The Morgan fingerprint density at radius 2 is 1.81 bits per heavy atom. The Bertz CT molecular complexity index is 531. The van der Waals surface area contributed by atoms with Crippen molar-refractivity contribution in [1.29, 1.82) is 0 Å². The number of nitrogens with zero attached hydrogens (tertiary/aromatic N) is 2. The maximum atomic E-state index is 12.8. The van der Waals surface area contributed by atoms with Crippen molar-refractivity contribution in [3.8, 4) is 0 Å². The van der Waals surface area contributed by atoms with Crippen LogP contribution in [0.2, 0.25) is 0 Å². The fourth-order valence-electron chi connectivity index (χ4n) is 2.13. The molecule has 21 heavy (non-hydrogen) atoms. The number of hydrogen-bond acceptors (Lipinski definition) is 4. The maximum absolute atomic E-state index is 12.8. The molecule has 1 heterocycles. The molecule has 1 aromatic rings. The molecule has 0 saturated carbocycles. The zero-order valence-electron chi connectivity index (χ0n) is 13.7. The van der Waals surface area contributed by atoms with Crippen LogP contribution in [0.5, 0.6) is 0 Å². The number of sulfonamides is 1. The largest absolute Gasteiger partial charge is 0.310 e. The Labute approximate surface area is 128 Å². The lowest BCUT2D eigenvalue weighted by atomic mass is 10.2. The van der Waals surface area contributed by atoms with Gasteiger partial charge in [-0.1, -0.05) is 27.7 Å². The molecule has 0 amide bonds. The highest BCUT2D eigenvalue weighted by molar-refractivity contribution is 7.89. The number of rotatable bonds is 9. The Hall–Kier alpha value is -0.920. The van der Waals surface area contributed by atoms with Gasteiger partial charge in [-0.3, -0.25) is 5.10 Å². The van der Waals surface area contributed by atoms with E-state index in [1.54, 1.807) is 0 Å². The summed E-state index contributed by atoms with van der Waals surface area (Å²) in [7, 11) is -3.53. The van der Waals surface area contributed by atoms with Crippen LogP contribution in [0.1, 0.15) is 51.8 Å². The molecule has 0 atom stereocenters. The van der Waals surface area contributed by atoms with Crippen LogP contribution >= 0.6 is 0 Å². The number of aromatic amines is 1. The minimum atomic E-state index is -3.53. The molecule has 0 spiro atoms. The van der Waals surface area contributed by atoms with Crippen molar-refractivity contribution in [1.82, 2.24) is 19.8 Å². The molecule has 0 aliphatic carbocycles. The van der Waals surface area contributed by atoms with Crippen molar-refractivity contribution >= 4 is 10.0 Å². The van der Waals surface area contributed by atoms with Crippen LogP contribution in [0.3, 0.4) is 0 Å². The van der Waals surface area contributed by atoms with Gasteiger partial charge in [0.2, 0.25) is 0 Å². The van der Waals surface area contributed by atoms with Gasteiger partial charge in [0.15, 0.2) is 5.03 Å². The van der Waals surface area contributed by atoms with Crippen LogP contribution in [-0.4, -0.2) is 42.1 Å². The van der Waals surface area contributed by atoms with Crippen LogP contribution in [0.4, 0.5) is 0 Å². The highest BCUT2D eigenvalue weighted by Gasteiger charge is 2.29. The Balaban J connectivity index is 3.12.